The molecule has 5 nitrogen and oxygen atoms in total. The van der Waals surface area contributed by atoms with Crippen molar-refractivity contribution in [3.05, 3.63) is 71.9 Å². The van der Waals surface area contributed by atoms with Crippen molar-refractivity contribution in [3.8, 4) is 11.1 Å². The molecule has 0 aliphatic carbocycles. The van der Waals surface area contributed by atoms with Crippen molar-refractivity contribution in [1.29, 1.82) is 0 Å². The smallest absolute Gasteiger partial charge is 0.246 e. The predicted octanol–water partition coefficient (Wildman–Crippen LogP) is 3.93. The number of fused-ring (bicyclic) bond motifs is 1. The van der Waals surface area contributed by atoms with Gasteiger partial charge in [0, 0.05) is 23.2 Å². The van der Waals surface area contributed by atoms with Gasteiger partial charge in [0.1, 0.15) is 11.7 Å². The van der Waals surface area contributed by atoms with Crippen LogP contribution in [0.2, 0.25) is 0 Å². The molecule has 0 spiro atoms. The van der Waals surface area contributed by atoms with Crippen molar-refractivity contribution < 1.29 is 4.79 Å². The first-order chi connectivity index (χ1) is 12.2. The zero-order chi connectivity index (χ0) is 17.2. The van der Waals surface area contributed by atoms with Crippen LogP contribution in [0, 0.1) is 0 Å². The first-order valence-corrected chi connectivity index (χ1v) is 8.73. The van der Waals surface area contributed by atoms with E-state index in [9.17, 15) is 4.79 Å². The number of aromatic nitrogens is 2. The maximum absolute atomic E-state index is 12.4. The van der Waals surface area contributed by atoms with Gasteiger partial charge in [-0.1, -0.05) is 30.3 Å². The molecule has 1 amide bonds. The van der Waals surface area contributed by atoms with E-state index < -0.39 is 6.04 Å². The molecule has 0 radical (unpaired) electrons. The molecule has 4 N–H and O–H groups in total. The van der Waals surface area contributed by atoms with Crippen LogP contribution >= 0.6 is 11.3 Å². The predicted molar refractivity (Wildman–Crippen MR) is 101 cm³/mol. The molecule has 1 aromatic carbocycles. The molecule has 0 saturated heterocycles. The van der Waals surface area contributed by atoms with Gasteiger partial charge in [0.05, 0.1) is 5.00 Å². The lowest BCUT2D eigenvalue weighted by Crippen LogP contribution is -2.27. The molecular formula is C19H16N4OS. The minimum Gasteiger partial charge on any atom is -0.346 e. The average Bonchev–Trinajstić information content (AvgIpc) is 3.30. The van der Waals surface area contributed by atoms with Gasteiger partial charge >= 0.3 is 0 Å². The number of benzene rings is 1. The fourth-order valence-corrected chi connectivity index (χ4v) is 3.57. The number of aromatic amines is 1. The summed E-state index contributed by atoms with van der Waals surface area (Å²) < 4.78 is 0. The molecule has 6 heteroatoms. The Bertz CT molecular complexity index is 1020. The fraction of sp³-hybridized carbons (Fsp3) is 0.0526. The highest BCUT2D eigenvalue weighted by Gasteiger charge is 2.16. The molecule has 3 heterocycles. The molecule has 0 aliphatic rings. The summed E-state index contributed by atoms with van der Waals surface area (Å²) in [6, 6.07) is 14.6. The lowest BCUT2D eigenvalue weighted by Gasteiger charge is -2.11. The number of rotatable bonds is 4. The Labute approximate surface area is 148 Å². The quantitative estimate of drug-likeness (QED) is 0.522. The number of pyridine rings is 1. The summed E-state index contributed by atoms with van der Waals surface area (Å²) in [7, 11) is 0. The van der Waals surface area contributed by atoms with Crippen LogP contribution in [0.4, 0.5) is 5.00 Å². The summed E-state index contributed by atoms with van der Waals surface area (Å²) in [5.41, 5.74) is 9.81. The lowest BCUT2D eigenvalue weighted by molar-refractivity contribution is -0.117. The molecule has 1 unspecified atom stereocenters. The van der Waals surface area contributed by atoms with Crippen LogP contribution in [-0.2, 0) is 4.79 Å². The summed E-state index contributed by atoms with van der Waals surface area (Å²) >= 11 is 1.48. The molecule has 25 heavy (non-hydrogen) atoms. The van der Waals surface area contributed by atoms with Gasteiger partial charge < -0.3 is 16.0 Å². The number of nitrogens with two attached hydrogens (primary N) is 1. The zero-order valence-electron chi connectivity index (χ0n) is 13.3. The first kappa shape index (κ1) is 15.6. The van der Waals surface area contributed by atoms with Gasteiger partial charge in [0.15, 0.2) is 0 Å². The molecule has 1 atom stereocenters. The van der Waals surface area contributed by atoms with Crippen LogP contribution in [0.5, 0.6) is 0 Å². The number of thiophene rings is 1. The number of carbonyl (C=O) groups is 1. The highest BCUT2D eigenvalue weighted by Crippen LogP contribution is 2.33. The second-order valence-electron chi connectivity index (χ2n) is 5.68. The minimum atomic E-state index is -0.691. The van der Waals surface area contributed by atoms with E-state index in [-0.39, 0.29) is 5.91 Å². The first-order valence-electron chi connectivity index (χ1n) is 7.85. The second kappa shape index (κ2) is 6.51. The largest absolute Gasteiger partial charge is 0.346 e. The second-order valence-corrected chi connectivity index (χ2v) is 6.59. The monoisotopic (exact) mass is 348 g/mol. The van der Waals surface area contributed by atoms with Crippen molar-refractivity contribution in [2.75, 3.05) is 5.32 Å². The maximum atomic E-state index is 12.4. The molecule has 0 bridgehead atoms. The summed E-state index contributed by atoms with van der Waals surface area (Å²) in [6.07, 6.45) is 3.64. The Hall–Kier alpha value is -2.96. The van der Waals surface area contributed by atoms with E-state index in [1.807, 2.05) is 60.1 Å². The standard InChI is InChI=1S/C19H16N4OS/c20-17(12-4-2-1-3-5-12)19(24)23-16-10-13(11-25-16)14-6-8-21-18-15(14)7-9-22-18/h1-11,17H,20H2,(H,21,22)(H,23,24). The maximum Gasteiger partial charge on any atom is 0.246 e. The summed E-state index contributed by atoms with van der Waals surface area (Å²) in [6.45, 7) is 0. The molecule has 3 aromatic heterocycles. The third kappa shape index (κ3) is 3.05. The van der Waals surface area contributed by atoms with Crippen molar-refractivity contribution in [2.45, 2.75) is 6.04 Å². The summed E-state index contributed by atoms with van der Waals surface area (Å²) in [4.78, 5) is 19.8. The SMILES string of the molecule is NC(C(=O)Nc1cc(-c2ccnc3[nH]ccc23)cs1)c1ccccc1. The normalized spacial score (nSPS) is 12.2. The van der Waals surface area contributed by atoms with E-state index in [1.165, 1.54) is 11.3 Å². The Morgan fingerprint density at radius 1 is 1.20 bits per heavy atom. The molecule has 0 aliphatic heterocycles. The van der Waals surface area contributed by atoms with Crippen LogP contribution in [0.25, 0.3) is 22.2 Å². The van der Waals surface area contributed by atoms with Gasteiger partial charge in [-0.3, -0.25) is 4.79 Å². The van der Waals surface area contributed by atoms with Crippen molar-refractivity contribution in [3.63, 3.8) is 0 Å². The van der Waals surface area contributed by atoms with Gasteiger partial charge in [-0.15, -0.1) is 11.3 Å². The number of nitrogens with zero attached hydrogens (tertiary/aromatic N) is 1. The van der Waals surface area contributed by atoms with Gasteiger partial charge in [-0.05, 0) is 34.9 Å². The number of amides is 1. The van der Waals surface area contributed by atoms with Crippen molar-refractivity contribution in [2.24, 2.45) is 5.73 Å². The minimum absolute atomic E-state index is 0.221. The lowest BCUT2D eigenvalue weighted by atomic mass is 10.1. The van der Waals surface area contributed by atoms with E-state index >= 15 is 0 Å². The number of H-pyrrole nitrogens is 1. The number of carbonyl (C=O) groups excluding carboxylic acids is 1. The highest BCUT2D eigenvalue weighted by atomic mass is 32.1. The van der Waals surface area contributed by atoms with Crippen LogP contribution in [0.3, 0.4) is 0 Å². The van der Waals surface area contributed by atoms with E-state index in [0.717, 1.165) is 32.7 Å². The molecule has 4 rings (SSSR count). The van der Waals surface area contributed by atoms with Gasteiger partial charge in [-0.25, -0.2) is 4.98 Å². The molecular weight excluding hydrogens is 332 g/mol. The number of anilines is 1. The number of hydrogen-bond acceptors (Lipinski definition) is 4. The van der Waals surface area contributed by atoms with Crippen molar-refractivity contribution in [1.82, 2.24) is 9.97 Å². The Morgan fingerprint density at radius 3 is 2.88 bits per heavy atom. The molecule has 0 saturated carbocycles. The number of hydrogen-bond donors (Lipinski definition) is 3. The molecule has 4 aromatic rings. The molecule has 0 fully saturated rings. The Balaban J connectivity index is 1.56. The Kier molecular flexibility index (Phi) is 4.05. The van der Waals surface area contributed by atoms with Crippen LogP contribution < -0.4 is 11.1 Å². The van der Waals surface area contributed by atoms with Crippen LogP contribution in [0.15, 0.2) is 66.3 Å². The Morgan fingerprint density at radius 2 is 2.04 bits per heavy atom. The summed E-state index contributed by atoms with van der Waals surface area (Å²) in [5, 5.41) is 6.75. The van der Waals surface area contributed by atoms with Gasteiger partial charge in [-0.2, -0.15) is 0 Å². The van der Waals surface area contributed by atoms with E-state index in [4.69, 9.17) is 5.73 Å². The highest BCUT2D eigenvalue weighted by molar-refractivity contribution is 7.14. The van der Waals surface area contributed by atoms with Gasteiger partial charge in [0.25, 0.3) is 0 Å². The number of nitrogens with one attached hydrogen (secondary N) is 2. The van der Waals surface area contributed by atoms with Crippen molar-refractivity contribution >= 4 is 33.3 Å². The van der Waals surface area contributed by atoms with E-state index in [1.54, 1.807) is 6.20 Å². The zero-order valence-corrected chi connectivity index (χ0v) is 14.1. The van der Waals surface area contributed by atoms with E-state index in [2.05, 4.69) is 15.3 Å². The summed E-state index contributed by atoms with van der Waals surface area (Å²) in [5.74, 6) is -0.221. The van der Waals surface area contributed by atoms with E-state index in [0.29, 0.717) is 0 Å². The third-order valence-electron chi connectivity index (χ3n) is 4.06. The van der Waals surface area contributed by atoms with Crippen LogP contribution in [-0.4, -0.2) is 15.9 Å². The third-order valence-corrected chi connectivity index (χ3v) is 4.90. The van der Waals surface area contributed by atoms with Gasteiger partial charge in [0.2, 0.25) is 5.91 Å². The van der Waals surface area contributed by atoms with Crippen LogP contribution in [0.1, 0.15) is 11.6 Å². The fourth-order valence-electron chi connectivity index (χ4n) is 2.77. The topological polar surface area (TPSA) is 83.8 Å². The molecule has 124 valence electrons. The average molecular weight is 348 g/mol.